The molecule has 1 saturated heterocycles. The van der Waals surface area contributed by atoms with E-state index in [-0.39, 0.29) is 16.9 Å². The lowest BCUT2D eigenvalue weighted by molar-refractivity contribution is -0.384. The van der Waals surface area contributed by atoms with Gasteiger partial charge in [-0.1, -0.05) is 6.92 Å². The molecule has 0 unspecified atom stereocenters. The average Bonchev–Trinajstić information content (AvgIpc) is 2.45. The summed E-state index contributed by atoms with van der Waals surface area (Å²) < 4.78 is 5.34. The fraction of sp³-hybridized carbons (Fsp3) is 0.583. The molecule has 110 valence electrons. The molecule has 2 rings (SSSR count). The lowest BCUT2D eigenvalue weighted by Crippen LogP contribution is -2.33. The van der Waals surface area contributed by atoms with Crippen molar-refractivity contribution < 1.29 is 9.66 Å². The van der Waals surface area contributed by atoms with E-state index in [9.17, 15) is 10.1 Å². The zero-order valence-corrected chi connectivity index (χ0v) is 11.4. The second kappa shape index (κ2) is 6.02. The van der Waals surface area contributed by atoms with Gasteiger partial charge in [-0.3, -0.25) is 10.1 Å². The van der Waals surface area contributed by atoms with Crippen molar-refractivity contribution in [3.05, 3.63) is 22.2 Å². The molecule has 0 spiro atoms. The molecule has 0 saturated carbocycles. The first-order chi connectivity index (χ1) is 9.54. The lowest BCUT2D eigenvalue weighted by atomic mass is 9.82. The van der Waals surface area contributed by atoms with Crippen molar-refractivity contribution in [1.82, 2.24) is 4.98 Å². The van der Waals surface area contributed by atoms with E-state index < -0.39 is 4.92 Å². The van der Waals surface area contributed by atoms with Crippen molar-refractivity contribution in [2.24, 2.45) is 11.3 Å². The maximum atomic E-state index is 11.0. The summed E-state index contributed by atoms with van der Waals surface area (Å²) in [4.78, 5) is 14.7. The van der Waals surface area contributed by atoms with Crippen molar-refractivity contribution in [1.29, 1.82) is 0 Å². The van der Waals surface area contributed by atoms with Gasteiger partial charge in [0.05, 0.1) is 4.92 Å². The molecule has 2 heterocycles. The van der Waals surface area contributed by atoms with Gasteiger partial charge in [0, 0.05) is 25.8 Å². The number of hydrazine groups is 1. The molecule has 0 bridgehead atoms. The van der Waals surface area contributed by atoms with Gasteiger partial charge in [0.2, 0.25) is 5.82 Å². The van der Waals surface area contributed by atoms with E-state index in [4.69, 9.17) is 10.6 Å². The summed E-state index contributed by atoms with van der Waals surface area (Å²) in [5.74, 6) is 5.90. The van der Waals surface area contributed by atoms with Crippen LogP contribution < -0.4 is 16.6 Å². The molecule has 0 atom stereocenters. The predicted molar refractivity (Wildman–Crippen MR) is 75.4 cm³/mol. The zero-order valence-electron chi connectivity index (χ0n) is 11.4. The molecule has 0 amide bonds. The van der Waals surface area contributed by atoms with Gasteiger partial charge in [-0.05, 0) is 24.3 Å². The molecule has 0 radical (unpaired) electrons. The molecule has 1 aliphatic heterocycles. The smallest absolute Gasteiger partial charge is 0.311 e. The minimum absolute atomic E-state index is 0.0555. The van der Waals surface area contributed by atoms with Gasteiger partial charge in [0.15, 0.2) is 0 Å². The highest BCUT2D eigenvalue weighted by atomic mass is 16.6. The van der Waals surface area contributed by atoms with Gasteiger partial charge in [-0.25, -0.2) is 10.8 Å². The number of nitro groups is 1. The van der Waals surface area contributed by atoms with E-state index in [1.54, 1.807) is 0 Å². The highest BCUT2D eigenvalue weighted by Gasteiger charge is 2.28. The number of nitrogens with one attached hydrogen (secondary N) is 2. The van der Waals surface area contributed by atoms with E-state index in [2.05, 4.69) is 22.7 Å². The van der Waals surface area contributed by atoms with Crippen molar-refractivity contribution >= 4 is 17.3 Å². The standard InChI is InChI=1S/C12H19N5O3/c1-12(4-6-20-7-5-12)8-14-11-9(17(18)19)2-3-10(15-11)16-13/h2-3H,4-8,13H2,1H3,(H2,14,15,16). The molecule has 1 aromatic heterocycles. The maximum Gasteiger partial charge on any atom is 0.311 e. The van der Waals surface area contributed by atoms with Crippen LogP contribution in [-0.2, 0) is 4.74 Å². The Morgan fingerprint density at radius 1 is 1.50 bits per heavy atom. The third kappa shape index (κ3) is 3.34. The number of rotatable bonds is 5. The first-order valence-corrected chi connectivity index (χ1v) is 6.48. The third-order valence-corrected chi connectivity index (χ3v) is 3.60. The fourth-order valence-corrected chi connectivity index (χ4v) is 2.15. The molecule has 8 nitrogen and oxygen atoms in total. The molecule has 8 heteroatoms. The monoisotopic (exact) mass is 281 g/mol. The van der Waals surface area contributed by atoms with Crippen LogP contribution in [0, 0.1) is 15.5 Å². The van der Waals surface area contributed by atoms with Gasteiger partial charge < -0.3 is 15.5 Å². The number of anilines is 2. The molecule has 0 aliphatic carbocycles. The Morgan fingerprint density at radius 2 is 2.20 bits per heavy atom. The molecular weight excluding hydrogens is 262 g/mol. The van der Waals surface area contributed by atoms with Gasteiger partial charge in [-0.2, -0.15) is 0 Å². The molecular formula is C12H19N5O3. The summed E-state index contributed by atoms with van der Waals surface area (Å²) >= 11 is 0. The first-order valence-electron chi connectivity index (χ1n) is 6.48. The van der Waals surface area contributed by atoms with Crippen LogP contribution in [0.25, 0.3) is 0 Å². The van der Waals surface area contributed by atoms with Crippen LogP contribution in [0.2, 0.25) is 0 Å². The first kappa shape index (κ1) is 14.5. The van der Waals surface area contributed by atoms with E-state index in [0.29, 0.717) is 12.4 Å². The summed E-state index contributed by atoms with van der Waals surface area (Å²) in [5, 5.41) is 14.1. The van der Waals surface area contributed by atoms with E-state index in [1.807, 2.05) is 0 Å². The molecule has 1 aliphatic rings. The van der Waals surface area contributed by atoms with Gasteiger partial charge >= 0.3 is 5.69 Å². The van der Waals surface area contributed by atoms with Crippen LogP contribution in [0.3, 0.4) is 0 Å². The van der Waals surface area contributed by atoms with Crippen LogP contribution in [0.15, 0.2) is 12.1 Å². The number of hydrogen-bond acceptors (Lipinski definition) is 7. The molecule has 1 aromatic rings. The molecule has 0 aromatic carbocycles. The highest BCUT2D eigenvalue weighted by Crippen LogP contribution is 2.31. The minimum Gasteiger partial charge on any atom is -0.381 e. The lowest BCUT2D eigenvalue weighted by Gasteiger charge is -2.33. The van der Waals surface area contributed by atoms with Gasteiger partial charge in [0.1, 0.15) is 5.82 Å². The van der Waals surface area contributed by atoms with Crippen molar-refractivity contribution in [3.8, 4) is 0 Å². The SMILES string of the molecule is CC1(CNc2nc(NN)ccc2[N+](=O)[O-])CCOCC1. The predicted octanol–water partition coefficient (Wildman–Crippen LogP) is 1.50. The second-order valence-electron chi connectivity index (χ2n) is 5.24. The summed E-state index contributed by atoms with van der Waals surface area (Å²) in [6.07, 6.45) is 1.84. The molecule has 20 heavy (non-hydrogen) atoms. The largest absolute Gasteiger partial charge is 0.381 e. The third-order valence-electron chi connectivity index (χ3n) is 3.60. The summed E-state index contributed by atoms with van der Waals surface area (Å²) in [7, 11) is 0. The van der Waals surface area contributed by atoms with Gasteiger partial charge in [0.25, 0.3) is 0 Å². The van der Waals surface area contributed by atoms with E-state index >= 15 is 0 Å². The Hall–Kier alpha value is -1.93. The van der Waals surface area contributed by atoms with Crippen LogP contribution in [0.4, 0.5) is 17.3 Å². The molecule has 4 N–H and O–H groups in total. The Bertz CT molecular complexity index is 488. The van der Waals surface area contributed by atoms with Crippen molar-refractivity contribution in [3.63, 3.8) is 0 Å². The van der Waals surface area contributed by atoms with Crippen molar-refractivity contribution in [2.75, 3.05) is 30.5 Å². The highest BCUT2D eigenvalue weighted by molar-refractivity contribution is 5.60. The van der Waals surface area contributed by atoms with Gasteiger partial charge in [-0.15, -0.1) is 0 Å². The molecule has 1 fully saturated rings. The Balaban J connectivity index is 2.12. The van der Waals surface area contributed by atoms with Crippen LogP contribution in [0.5, 0.6) is 0 Å². The minimum atomic E-state index is -0.456. The Labute approximate surface area is 116 Å². The number of hydrogen-bond donors (Lipinski definition) is 3. The number of ether oxygens (including phenoxy) is 1. The van der Waals surface area contributed by atoms with E-state index in [0.717, 1.165) is 26.1 Å². The Morgan fingerprint density at radius 3 is 2.80 bits per heavy atom. The number of pyridine rings is 1. The number of aromatic nitrogens is 1. The summed E-state index contributed by atoms with van der Waals surface area (Å²) in [6.45, 7) is 4.19. The zero-order chi connectivity index (χ0) is 14.6. The number of nitrogen functional groups attached to an aromatic ring is 1. The normalized spacial score (nSPS) is 17.5. The average molecular weight is 281 g/mol. The van der Waals surface area contributed by atoms with Crippen LogP contribution in [-0.4, -0.2) is 29.7 Å². The van der Waals surface area contributed by atoms with Crippen LogP contribution >= 0.6 is 0 Å². The van der Waals surface area contributed by atoms with E-state index in [1.165, 1.54) is 12.1 Å². The number of nitrogens with zero attached hydrogens (tertiary/aromatic N) is 2. The summed E-state index contributed by atoms with van der Waals surface area (Å²) in [5.41, 5.74) is 2.39. The topological polar surface area (TPSA) is 115 Å². The maximum absolute atomic E-state index is 11.0. The number of nitrogens with two attached hydrogens (primary N) is 1. The second-order valence-corrected chi connectivity index (χ2v) is 5.24. The Kier molecular flexibility index (Phi) is 4.35. The fourth-order valence-electron chi connectivity index (χ4n) is 2.15. The van der Waals surface area contributed by atoms with Crippen molar-refractivity contribution in [2.45, 2.75) is 19.8 Å². The summed E-state index contributed by atoms with van der Waals surface area (Å²) in [6, 6.07) is 2.86. The van der Waals surface area contributed by atoms with Crippen LogP contribution in [0.1, 0.15) is 19.8 Å². The quantitative estimate of drug-likeness (QED) is 0.425.